The fourth-order valence-electron chi connectivity index (χ4n) is 0.756. The van der Waals surface area contributed by atoms with Gasteiger partial charge in [-0.15, -0.1) is 0 Å². The van der Waals surface area contributed by atoms with Crippen LogP contribution in [0.15, 0.2) is 0 Å². The van der Waals surface area contributed by atoms with Gasteiger partial charge in [-0.05, 0) is 19.4 Å². The summed E-state index contributed by atoms with van der Waals surface area (Å²) in [6.45, 7) is 5.51. The molecule has 2 heteroatoms. The zero-order valence-electron chi connectivity index (χ0n) is 8.68. The molecule has 0 unspecified atom stereocenters. The van der Waals surface area contributed by atoms with Crippen molar-refractivity contribution in [2.75, 3.05) is 13.2 Å². The van der Waals surface area contributed by atoms with E-state index in [1.54, 1.807) is 0 Å². The lowest BCUT2D eigenvalue weighted by Gasteiger charge is -1.86. The summed E-state index contributed by atoms with van der Waals surface area (Å²) in [6, 6.07) is 0. The molecule has 12 heavy (non-hydrogen) atoms. The molecule has 0 amide bonds. The van der Waals surface area contributed by atoms with Crippen LogP contribution in [0, 0.1) is 0 Å². The van der Waals surface area contributed by atoms with E-state index >= 15 is 0 Å². The van der Waals surface area contributed by atoms with Crippen LogP contribution in [0.25, 0.3) is 0 Å². The van der Waals surface area contributed by atoms with E-state index in [-0.39, 0.29) is 0 Å². The highest BCUT2D eigenvalue weighted by Crippen LogP contribution is 1.89. The Balaban J connectivity index is 0. The lowest BCUT2D eigenvalue weighted by Crippen LogP contribution is -1.96. The number of unbranched alkanes of at least 4 members (excludes halogenated alkanes) is 4. The molecule has 0 aliphatic heterocycles. The fraction of sp³-hybridized carbons (Fsp3) is 1.00. The molecule has 0 aliphatic rings. The largest absolute Gasteiger partial charge is 0.396 e. The Morgan fingerprint density at radius 3 is 1.58 bits per heavy atom. The van der Waals surface area contributed by atoms with Gasteiger partial charge in [-0.1, -0.05) is 39.5 Å². The first-order valence-electron chi connectivity index (χ1n) is 5.14. The predicted octanol–water partition coefficient (Wildman–Crippen LogP) is 2.30. The molecule has 76 valence electrons. The van der Waals surface area contributed by atoms with Gasteiger partial charge in [0, 0.05) is 6.61 Å². The Hall–Kier alpha value is -0.0800. The van der Waals surface area contributed by atoms with Crippen LogP contribution in [0.3, 0.4) is 0 Å². The number of hydrogen-bond donors (Lipinski definition) is 2. The van der Waals surface area contributed by atoms with Crippen molar-refractivity contribution in [1.29, 1.82) is 0 Å². The van der Waals surface area contributed by atoms with Gasteiger partial charge in [0.1, 0.15) is 0 Å². The molecule has 0 radical (unpaired) electrons. The van der Waals surface area contributed by atoms with Crippen molar-refractivity contribution in [3.63, 3.8) is 0 Å². The first-order valence-corrected chi connectivity index (χ1v) is 5.14. The maximum Gasteiger partial charge on any atom is 0.0431 e. The third-order valence-corrected chi connectivity index (χ3v) is 1.57. The van der Waals surface area contributed by atoms with E-state index in [9.17, 15) is 0 Å². The molecule has 0 spiro atoms. The van der Waals surface area contributed by atoms with Crippen molar-refractivity contribution in [1.82, 2.24) is 0 Å². The lowest BCUT2D eigenvalue weighted by atomic mass is 10.3. The maximum absolute atomic E-state index is 8.20. The molecular weight excluding hydrogens is 150 g/mol. The Morgan fingerprint density at radius 1 is 0.917 bits per heavy atom. The van der Waals surface area contributed by atoms with E-state index < -0.39 is 0 Å². The molecule has 0 aromatic heterocycles. The topological polar surface area (TPSA) is 46.2 Å². The second-order valence-corrected chi connectivity index (χ2v) is 2.93. The van der Waals surface area contributed by atoms with Crippen LogP contribution in [-0.2, 0) is 0 Å². The first-order chi connectivity index (χ1) is 5.83. The summed E-state index contributed by atoms with van der Waals surface area (Å²) >= 11 is 0. The first kappa shape index (κ1) is 14.4. The third-order valence-electron chi connectivity index (χ3n) is 1.57. The number of aliphatic hydroxyl groups excluding tert-OH is 1. The number of rotatable bonds is 6. The van der Waals surface area contributed by atoms with E-state index in [0.29, 0.717) is 6.61 Å². The van der Waals surface area contributed by atoms with Crippen LogP contribution < -0.4 is 5.73 Å². The Labute approximate surface area is 77.2 Å². The van der Waals surface area contributed by atoms with Gasteiger partial charge in [-0.2, -0.15) is 0 Å². The van der Waals surface area contributed by atoms with Crippen molar-refractivity contribution >= 4 is 0 Å². The van der Waals surface area contributed by atoms with Gasteiger partial charge in [0.15, 0.2) is 0 Å². The minimum Gasteiger partial charge on any atom is -0.396 e. The highest BCUT2D eigenvalue weighted by molar-refractivity contribution is 4.35. The van der Waals surface area contributed by atoms with Crippen molar-refractivity contribution in [3.05, 3.63) is 0 Å². The molecule has 0 atom stereocenters. The van der Waals surface area contributed by atoms with Crippen molar-refractivity contribution in [2.24, 2.45) is 5.73 Å². The third kappa shape index (κ3) is 22.5. The highest BCUT2D eigenvalue weighted by atomic mass is 16.2. The van der Waals surface area contributed by atoms with E-state index in [0.717, 1.165) is 19.4 Å². The Morgan fingerprint density at radius 2 is 1.42 bits per heavy atom. The number of aliphatic hydroxyl groups is 1. The molecule has 3 N–H and O–H groups in total. The van der Waals surface area contributed by atoms with Crippen LogP contribution in [0.1, 0.15) is 52.4 Å². The zero-order chi connectivity index (χ0) is 9.66. The molecule has 0 fully saturated rings. The molecule has 0 aromatic rings. The summed E-state index contributed by atoms with van der Waals surface area (Å²) in [6.07, 6.45) is 7.08. The van der Waals surface area contributed by atoms with Crippen LogP contribution in [0.4, 0.5) is 0 Å². The standard InChI is InChI=1S/C5H13N.C5H12O/c2*1-2-3-4-5-6/h2-6H2,1H3;6H,2-5H2,1H3. The molecule has 2 nitrogen and oxygen atoms in total. The number of nitrogens with two attached hydrogens (primary N) is 1. The second kappa shape index (κ2) is 17.1. The molecule has 0 saturated heterocycles. The van der Waals surface area contributed by atoms with E-state index in [1.807, 2.05) is 0 Å². The Bertz CT molecular complexity index is 41.8. The van der Waals surface area contributed by atoms with Crippen LogP contribution in [0.2, 0.25) is 0 Å². The molecule has 0 heterocycles. The van der Waals surface area contributed by atoms with Crippen molar-refractivity contribution in [3.8, 4) is 0 Å². The average Bonchev–Trinajstić information content (AvgIpc) is 2.12. The summed E-state index contributed by atoms with van der Waals surface area (Å²) in [5.41, 5.74) is 5.21. The van der Waals surface area contributed by atoms with E-state index in [4.69, 9.17) is 10.8 Å². The van der Waals surface area contributed by atoms with Gasteiger partial charge >= 0.3 is 0 Å². The van der Waals surface area contributed by atoms with Crippen molar-refractivity contribution < 1.29 is 5.11 Å². The zero-order valence-corrected chi connectivity index (χ0v) is 8.68. The van der Waals surface area contributed by atoms with Gasteiger partial charge in [-0.25, -0.2) is 0 Å². The summed E-state index contributed by atoms with van der Waals surface area (Å²) < 4.78 is 0. The van der Waals surface area contributed by atoms with E-state index in [1.165, 1.54) is 25.7 Å². The molecule has 0 bridgehead atoms. The summed E-state index contributed by atoms with van der Waals surface area (Å²) in [4.78, 5) is 0. The molecule has 0 saturated carbocycles. The Kier molecular flexibility index (Phi) is 20.6. The minimum atomic E-state index is 0.355. The monoisotopic (exact) mass is 175 g/mol. The fourth-order valence-corrected chi connectivity index (χ4v) is 0.756. The van der Waals surface area contributed by atoms with Gasteiger partial charge in [0.05, 0.1) is 0 Å². The summed E-state index contributed by atoms with van der Waals surface area (Å²) in [7, 11) is 0. The van der Waals surface area contributed by atoms with Gasteiger partial charge in [0.2, 0.25) is 0 Å². The molecule has 0 aliphatic carbocycles. The quantitative estimate of drug-likeness (QED) is 0.608. The number of hydrogen-bond acceptors (Lipinski definition) is 2. The van der Waals surface area contributed by atoms with Gasteiger partial charge in [0.25, 0.3) is 0 Å². The molecule has 0 aromatic carbocycles. The lowest BCUT2D eigenvalue weighted by molar-refractivity contribution is 0.284. The van der Waals surface area contributed by atoms with Crippen LogP contribution in [0.5, 0.6) is 0 Å². The van der Waals surface area contributed by atoms with Gasteiger partial charge in [-0.3, -0.25) is 0 Å². The predicted molar refractivity (Wildman–Crippen MR) is 55.2 cm³/mol. The molecule has 0 rings (SSSR count). The average molecular weight is 175 g/mol. The highest BCUT2D eigenvalue weighted by Gasteiger charge is 1.76. The SMILES string of the molecule is CCCCCN.CCCCCO. The molecular formula is C10H25NO. The van der Waals surface area contributed by atoms with Crippen LogP contribution in [-0.4, -0.2) is 18.3 Å². The summed E-state index contributed by atoms with van der Waals surface area (Å²) in [5, 5.41) is 8.20. The minimum absolute atomic E-state index is 0.355. The smallest absolute Gasteiger partial charge is 0.0431 e. The van der Waals surface area contributed by atoms with Crippen molar-refractivity contribution in [2.45, 2.75) is 52.4 Å². The van der Waals surface area contributed by atoms with Crippen LogP contribution >= 0.6 is 0 Å². The second-order valence-electron chi connectivity index (χ2n) is 2.93. The normalized spacial score (nSPS) is 9.00. The summed E-state index contributed by atoms with van der Waals surface area (Å²) in [5.74, 6) is 0. The maximum atomic E-state index is 8.20. The van der Waals surface area contributed by atoms with Gasteiger partial charge < -0.3 is 10.8 Å². The van der Waals surface area contributed by atoms with E-state index in [2.05, 4.69) is 13.8 Å².